The number of hydrogen-bond donors (Lipinski definition) is 1. The Hall–Kier alpha value is -1.76. The number of amides is 1. The van der Waals surface area contributed by atoms with Crippen LogP contribution < -0.4 is 5.32 Å². The average molecular weight is 325 g/mol. The monoisotopic (exact) mass is 325 g/mol. The van der Waals surface area contributed by atoms with Gasteiger partial charge in [-0.15, -0.1) is 0 Å². The zero-order valence-electron chi connectivity index (χ0n) is 13.5. The van der Waals surface area contributed by atoms with Gasteiger partial charge in [0.05, 0.1) is 17.6 Å². The molecular formula is C15H23N3O3S. The van der Waals surface area contributed by atoms with Crippen molar-refractivity contribution in [2.24, 2.45) is 0 Å². The summed E-state index contributed by atoms with van der Waals surface area (Å²) in [5.41, 5.74) is 1.13. The summed E-state index contributed by atoms with van der Waals surface area (Å²) in [5.74, 6) is 0. The van der Waals surface area contributed by atoms with E-state index in [-0.39, 0.29) is 0 Å². The standard InChI is InChI=1S/C15H23N3O3S/c1-11(22)20-10-13-9-17-12(8-18-13)6-5-7-16-14(19)21-15(2,3)4/h8-9H,5-7,10H2,1-4H3,(H,16,19). The minimum Gasteiger partial charge on any atom is -0.481 e. The first-order valence-corrected chi connectivity index (χ1v) is 7.57. The number of alkyl carbamates (subject to hydrolysis) is 1. The Morgan fingerprint density at radius 3 is 2.45 bits per heavy atom. The van der Waals surface area contributed by atoms with E-state index in [1.807, 2.05) is 20.8 Å². The van der Waals surface area contributed by atoms with E-state index in [9.17, 15) is 4.79 Å². The van der Waals surface area contributed by atoms with E-state index >= 15 is 0 Å². The SMILES string of the molecule is CC(=S)OCc1cnc(CCCNC(=O)OC(C)(C)C)cn1. The maximum atomic E-state index is 11.5. The third-order valence-electron chi connectivity index (χ3n) is 2.46. The molecule has 1 heterocycles. The molecule has 7 heteroatoms. The van der Waals surface area contributed by atoms with Gasteiger partial charge >= 0.3 is 6.09 Å². The van der Waals surface area contributed by atoms with Gasteiger partial charge in [-0.3, -0.25) is 9.97 Å². The van der Waals surface area contributed by atoms with Crippen molar-refractivity contribution in [3.05, 3.63) is 23.8 Å². The van der Waals surface area contributed by atoms with Crippen LogP contribution >= 0.6 is 12.2 Å². The van der Waals surface area contributed by atoms with E-state index in [4.69, 9.17) is 21.7 Å². The van der Waals surface area contributed by atoms with Gasteiger partial charge in [-0.1, -0.05) is 0 Å². The molecule has 0 radical (unpaired) electrons. The number of hydrogen-bond acceptors (Lipinski definition) is 6. The first-order valence-electron chi connectivity index (χ1n) is 7.16. The maximum absolute atomic E-state index is 11.5. The summed E-state index contributed by atoms with van der Waals surface area (Å²) in [6, 6.07) is 0. The molecule has 122 valence electrons. The number of carbonyl (C=O) groups is 1. The van der Waals surface area contributed by atoms with Crippen molar-refractivity contribution in [2.45, 2.75) is 52.7 Å². The second kappa shape index (κ2) is 8.63. The average Bonchev–Trinajstić information content (AvgIpc) is 2.40. The quantitative estimate of drug-likeness (QED) is 0.640. The summed E-state index contributed by atoms with van der Waals surface area (Å²) in [6.45, 7) is 8.08. The molecule has 0 aromatic carbocycles. The van der Waals surface area contributed by atoms with Crippen LogP contribution in [0.2, 0.25) is 0 Å². The fourth-order valence-electron chi connectivity index (χ4n) is 1.53. The molecule has 1 rings (SSSR count). The molecule has 0 fully saturated rings. The Morgan fingerprint density at radius 1 is 1.27 bits per heavy atom. The Kier molecular flexibility index (Phi) is 7.17. The van der Waals surface area contributed by atoms with E-state index in [0.717, 1.165) is 24.2 Å². The first kappa shape index (κ1) is 18.3. The normalized spacial score (nSPS) is 10.9. The van der Waals surface area contributed by atoms with Gasteiger partial charge in [-0.05, 0) is 45.8 Å². The number of carbonyl (C=O) groups excluding carboxylic acids is 1. The lowest BCUT2D eigenvalue weighted by atomic mass is 10.2. The molecule has 0 aliphatic carbocycles. The molecule has 0 atom stereocenters. The van der Waals surface area contributed by atoms with E-state index in [1.165, 1.54) is 0 Å². The van der Waals surface area contributed by atoms with Crippen molar-refractivity contribution >= 4 is 23.4 Å². The maximum Gasteiger partial charge on any atom is 0.407 e. The highest BCUT2D eigenvalue weighted by molar-refractivity contribution is 7.80. The molecule has 0 bridgehead atoms. The molecule has 1 aromatic heterocycles. The van der Waals surface area contributed by atoms with Crippen molar-refractivity contribution in [2.75, 3.05) is 6.54 Å². The van der Waals surface area contributed by atoms with E-state index in [1.54, 1.807) is 19.3 Å². The first-order chi connectivity index (χ1) is 10.3. The fourth-order valence-corrected chi connectivity index (χ4v) is 1.59. The zero-order chi connectivity index (χ0) is 16.6. The highest BCUT2D eigenvalue weighted by atomic mass is 32.1. The van der Waals surface area contributed by atoms with Gasteiger partial charge < -0.3 is 14.8 Å². The predicted octanol–water partition coefficient (Wildman–Crippen LogP) is 2.80. The van der Waals surface area contributed by atoms with Gasteiger partial charge in [0.15, 0.2) is 5.05 Å². The van der Waals surface area contributed by atoms with Gasteiger partial charge in [0, 0.05) is 19.7 Å². The molecule has 22 heavy (non-hydrogen) atoms. The second-order valence-electron chi connectivity index (χ2n) is 5.81. The second-order valence-corrected chi connectivity index (χ2v) is 6.39. The molecule has 0 aliphatic heterocycles. The molecule has 6 nitrogen and oxygen atoms in total. The van der Waals surface area contributed by atoms with Crippen molar-refractivity contribution < 1.29 is 14.3 Å². The lowest BCUT2D eigenvalue weighted by molar-refractivity contribution is 0.0527. The van der Waals surface area contributed by atoms with Crippen LogP contribution in [-0.4, -0.2) is 33.3 Å². The smallest absolute Gasteiger partial charge is 0.407 e. The van der Waals surface area contributed by atoms with Crippen molar-refractivity contribution in [1.82, 2.24) is 15.3 Å². The van der Waals surface area contributed by atoms with Crippen LogP contribution in [0.25, 0.3) is 0 Å². The van der Waals surface area contributed by atoms with Crippen LogP contribution in [0.3, 0.4) is 0 Å². The minimum atomic E-state index is -0.478. The van der Waals surface area contributed by atoms with Crippen molar-refractivity contribution in [1.29, 1.82) is 0 Å². The van der Waals surface area contributed by atoms with E-state index in [2.05, 4.69) is 15.3 Å². The summed E-state index contributed by atoms with van der Waals surface area (Å²) < 4.78 is 10.3. The topological polar surface area (TPSA) is 73.3 Å². The number of aryl methyl sites for hydroxylation is 1. The van der Waals surface area contributed by atoms with Gasteiger partial charge in [0.2, 0.25) is 0 Å². The van der Waals surface area contributed by atoms with Crippen molar-refractivity contribution in [3.63, 3.8) is 0 Å². The van der Waals surface area contributed by atoms with Crippen LogP contribution in [0.5, 0.6) is 0 Å². The summed E-state index contributed by atoms with van der Waals surface area (Å²) in [5, 5.41) is 3.20. The van der Waals surface area contributed by atoms with Gasteiger partial charge in [-0.25, -0.2) is 4.79 Å². The lowest BCUT2D eigenvalue weighted by Crippen LogP contribution is -2.33. The Balaban J connectivity index is 2.25. The van der Waals surface area contributed by atoms with Crippen LogP contribution in [0.1, 0.15) is 45.5 Å². The molecule has 1 N–H and O–H groups in total. The molecule has 0 saturated heterocycles. The van der Waals surface area contributed by atoms with Crippen molar-refractivity contribution in [3.8, 4) is 0 Å². The molecule has 0 unspecified atom stereocenters. The summed E-state index contributed by atoms with van der Waals surface area (Å²) in [7, 11) is 0. The molecule has 1 amide bonds. The number of aromatic nitrogens is 2. The Labute approximate surface area is 136 Å². The van der Waals surface area contributed by atoms with Gasteiger partial charge in [-0.2, -0.15) is 0 Å². The third-order valence-corrected chi connectivity index (χ3v) is 2.58. The predicted molar refractivity (Wildman–Crippen MR) is 87.7 cm³/mol. The van der Waals surface area contributed by atoms with Crippen LogP contribution in [0.15, 0.2) is 12.4 Å². The summed E-state index contributed by atoms with van der Waals surface area (Å²) in [4.78, 5) is 20.0. The number of thiocarbonyl (C=S) groups is 1. The lowest BCUT2D eigenvalue weighted by Gasteiger charge is -2.19. The number of nitrogens with zero attached hydrogens (tertiary/aromatic N) is 2. The van der Waals surface area contributed by atoms with Crippen LogP contribution in [0, 0.1) is 0 Å². The Bertz CT molecular complexity index is 498. The fraction of sp³-hybridized carbons (Fsp3) is 0.600. The van der Waals surface area contributed by atoms with Crippen LogP contribution in [0.4, 0.5) is 4.79 Å². The largest absolute Gasteiger partial charge is 0.481 e. The van der Waals surface area contributed by atoms with Gasteiger partial charge in [0.1, 0.15) is 12.2 Å². The molecule has 0 spiro atoms. The Morgan fingerprint density at radius 2 is 1.91 bits per heavy atom. The highest BCUT2D eigenvalue weighted by Crippen LogP contribution is 2.06. The van der Waals surface area contributed by atoms with E-state index in [0.29, 0.717) is 18.2 Å². The van der Waals surface area contributed by atoms with E-state index < -0.39 is 11.7 Å². The third kappa shape index (κ3) is 8.51. The summed E-state index contributed by atoms with van der Waals surface area (Å²) >= 11 is 4.83. The molecule has 1 aromatic rings. The minimum absolute atomic E-state index is 0.336. The highest BCUT2D eigenvalue weighted by Gasteiger charge is 2.15. The molecule has 0 saturated carbocycles. The zero-order valence-corrected chi connectivity index (χ0v) is 14.3. The molecule has 0 aliphatic rings. The number of rotatable bonds is 6. The van der Waals surface area contributed by atoms with Crippen LogP contribution in [-0.2, 0) is 22.5 Å². The number of nitrogens with one attached hydrogen (secondary N) is 1. The van der Waals surface area contributed by atoms with Gasteiger partial charge in [0.25, 0.3) is 0 Å². The number of ether oxygens (including phenoxy) is 2. The summed E-state index contributed by atoms with van der Waals surface area (Å²) in [6.07, 6.45) is 4.49. The molecular weight excluding hydrogens is 302 g/mol.